The minimum Gasteiger partial charge on any atom is -0.486 e. The molecule has 0 bridgehead atoms. The lowest BCUT2D eigenvalue weighted by molar-refractivity contribution is 0.171. The van der Waals surface area contributed by atoms with Gasteiger partial charge in [0, 0.05) is 12.6 Å². The molecule has 0 aliphatic carbocycles. The van der Waals surface area contributed by atoms with Crippen LogP contribution in [0.4, 0.5) is 4.39 Å². The van der Waals surface area contributed by atoms with Gasteiger partial charge in [0.15, 0.2) is 11.5 Å². The Morgan fingerprint density at radius 1 is 1.05 bits per heavy atom. The maximum Gasteiger partial charge on any atom is 0.161 e. The summed E-state index contributed by atoms with van der Waals surface area (Å²) in [5, 5.41) is 3.42. The molecule has 21 heavy (non-hydrogen) atoms. The van der Waals surface area contributed by atoms with Crippen molar-refractivity contribution >= 4 is 0 Å². The molecule has 0 fully saturated rings. The molecule has 3 rings (SSSR count). The van der Waals surface area contributed by atoms with Gasteiger partial charge in [0.25, 0.3) is 0 Å². The molecule has 0 unspecified atom stereocenters. The van der Waals surface area contributed by atoms with Gasteiger partial charge in [-0.1, -0.05) is 18.2 Å². The van der Waals surface area contributed by atoms with Crippen LogP contribution in [0, 0.1) is 5.82 Å². The van der Waals surface area contributed by atoms with E-state index in [-0.39, 0.29) is 11.9 Å². The molecule has 3 nitrogen and oxygen atoms in total. The number of hydrogen-bond donors (Lipinski definition) is 1. The molecule has 1 heterocycles. The summed E-state index contributed by atoms with van der Waals surface area (Å²) in [5.74, 6) is 1.39. The summed E-state index contributed by atoms with van der Waals surface area (Å²) in [6.07, 6.45) is 0. The van der Waals surface area contributed by atoms with Gasteiger partial charge in [0.1, 0.15) is 19.0 Å². The third-order valence-electron chi connectivity index (χ3n) is 3.59. The molecule has 0 aromatic heterocycles. The second kappa shape index (κ2) is 6.14. The Bertz CT molecular complexity index is 613. The van der Waals surface area contributed by atoms with Gasteiger partial charge in [-0.2, -0.15) is 0 Å². The molecule has 1 atom stereocenters. The fourth-order valence-electron chi connectivity index (χ4n) is 2.34. The Kier molecular flexibility index (Phi) is 4.06. The molecule has 2 aromatic rings. The highest BCUT2D eigenvalue weighted by Gasteiger charge is 2.12. The van der Waals surface area contributed by atoms with E-state index in [9.17, 15) is 4.39 Å². The second-order valence-electron chi connectivity index (χ2n) is 5.13. The maximum atomic E-state index is 12.9. The fourth-order valence-corrected chi connectivity index (χ4v) is 2.34. The van der Waals surface area contributed by atoms with E-state index in [1.165, 1.54) is 12.1 Å². The van der Waals surface area contributed by atoms with Crippen LogP contribution in [0.1, 0.15) is 24.1 Å². The van der Waals surface area contributed by atoms with Crippen molar-refractivity contribution in [2.45, 2.75) is 19.5 Å². The van der Waals surface area contributed by atoms with E-state index < -0.39 is 0 Å². The van der Waals surface area contributed by atoms with Gasteiger partial charge in [-0.15, -0.1) is 0 Å². The topological polar surface area (TPSA) is 30.5 Å². The summed E-state index contributed by atoms with van der Waals surface area (Å²) in [4.78, 5) is 0. The minimum atomic E-state index is -0.210. The SMILES string of the molecule is C[C@@H](NCc1ccc2c(c1)OCCO2)c1ccc(F)cc1. The molecule has 110 valence electrons. The number of rotatable bonds is 4. The van der Waals surface area contributed by atoms with Crippen LogP contribution in [-0.2, 0) is 6.54 Å². The molecule has 0 radical (unpaired) electrons. The van der Waals surface area contributed by atoms with Crippen molar-refractivity contribution in [1.29, 1.82) is 0 Å². The van der Waals surface area contributed by atoms with Gasteiger partial charge in [-0.25, -0.2) is 4.39 Å². The van der Waals surface area contributed by atoms with E-state index in [1.807, 2.05) is 18.2 Å². The Labute approximate surface area is 123 Å². The lowest BCUT2D eigenvalue weighted by Gasteiger charge is -2.19. The van der Waals surface area contributed by atoms with Crippen LogP contribution in [0.15, 0.2) is 42.5 Å². The van der Waals surface area contributed by atoms with Crippen molar-refractivity contribution in [2.75, 3.05) is 13.2 Å². The summed E-state index contributed by atoms with van der Waals surface area (Å²) in [7, 11) is 0. The Morgan fingerprint density at radius 3 is 2.52 bits per heavy atom. The third-order valence-corrected chi connectivity index (χ3v) is 3.59. The number of ether oxygens (including phenoxy) is 2. The smallest absolute Gasteiger partial charge is 0.161 e. The van der Waals surface area contributed by atoms with Crippen molar-refractivity contribution in [3.63, 3.8) is 0 Å². The molecule has 4 heteroatoms. The van der Waals surface area contributed by atoms with E-state index in [0.29, 0.717) is 13.2 Å². The first-order valence-electron chi connectivity index (χ1n) is 7.10. The van der Waals surface area contributed by atoms with Crippen molar-refractivity contribution in [1.82, 2.24) is 5.32 Å². The predicted octanol–water partition coefficient (Wildman–Crippen LogP) is 3.45. The highest BCUT2D eigenvalue weighted by atomic mass is 19.1. The molecule has 0 spiro atoms. The van der Waals surface area contributed by atoms with Gasteiger partial charge < -0.3 is 14.8 Å². The van der Waals surface area contributed by atoms with Gasteiger partial charge in [-0.05, 0) is 42.3 Å². The first-order valence-corrected chi connectivity index (χ1v) is 7.10. The quantitative estimate of drug-likeness (QED) is 0.934. The number of fused-ring (bicyclic) bond motifs is 1. The zero-order valence-corrected chi connectivity index (χ0v) is 11.9. The van der Waals surface area contributed by atoms with E-state index in [1.54, 1.807) is 12.1 Å². The summed E-state index contributed by atoms with van der Waals surface area (Å²) in [6, 6.07) is 12.7. The van der Waals surface area contributed by atoms with Crippen molar-refractivity contribution in [3.05, 3.63) is 59.4 Å². The molecule has 1 aliphatic rings. The van der Waals surface area contributed by atoms with Gasteiger partial charge in [0.05, 0.1) is 0 Å². The van der Waals surface area contributed by atoms with Crippen LogP contribution in [0.3, 0.4) is 0 Å². The highest BCUT2D eigenvalue weighted by Crippen LogP contribution is 2.30. The first-order chi connectivity index (χ1) is 10.2. The van der Waals surface area contributed by atoms with Crippen molar-refractivity contribution in [2.24, 2.45) is 0 Å². The molecular weight excluding hydrogens is 269 g/mol. The number of nitrogens with one attached hydrogen (secondary N) is 1. The average molecular weight is 287 g/mol. The molecule has 0 saturated heterocycles. The summed E-state index contributed by atoms with van der Waals surface area (Å²) in [6.45, 7) is 3.97. The number of benzene rings is 2. The Hall–Kier alpha value is -2.07. The lowest BCUT2D eigenvalue weighted by atomic mass is 10.1. The second-order valence-corrected chi connectivity index (χ2v) is 5.13. The molecule has 0 saturated carbocycles. The van der Waals surface area contributed by atoms with E-state index in [2.05, 4.69) is 12.2 Å². The van der Waals surface area contributed by atoms with Gasteiger partial charge in [-0.3, -0.25) is 0 Å². The van der Waals surface area contributed by atoms with Gasteiger partial charge in [0.2, 0.25) is 0 Å². The lowest BCUT2D eigenvalue weighted by Crippen LogP contribution is -2.19. The van der Waals surface area contributed by atoms with Gasteiger partial charge >= 0.3 is 0 Å². The first kappa shape index (κ1) is 13.9. The van der Waals surface area contributed by atoms with Crippen molar-refractivity contribution < 1.29 is 13.9 Å². The van der Waals surface area contributed by atoms with Crippen LogP contribution in [-0.4, -0.2) is 13.2 Å². The van der Waals surface area contributed by atoms with Crippen LogP contribution in [0.5, 0.6) is 11.5 Å². The zero-order chi connectivity index (χ0) is 14.7. The Balaban J connectivity index is 1.63. The maximum absolute atomic E-state index is 12.9. The molecule has 0 amide bonds. The summed E-state index contributed by atoms with van der Waals surface area (Å²) < 4.78 is 24.0. The molecule has 1 N–H and O–H groups in total. The summed E-state index contributed by atoms with van der Waals surface area (Å²) >= 11 is 0. The molecule has 1 aliphatic heterocycles. The van der Waals surface area contributed by atoms with Crippen LogP contribution >= 0.6 is 0 Å². The predicted molar refractivity (Wildman–Crippen MR) is 79.1 cm³/mol. The number of hydrogen-bond acceptors (Lipinski definition) is 3. The summed E-state index contributed by atoms with van der Waals surface area (Å²) in [5.41, 5.74) is 2.20. The van der Waals surface area contributed by atoms with Crippen molar-refractivity contribution in [3.8, 4) is 11.5 Å². The van der Waals surface area contributed by atoms with Crippen LogP contribution < -0.4 is 14.8 Å². The molecule has 2 aromatic carbocycles. The number of halogens is 1. The third kappa shape index (κ3) is 3.34. The highest BCUT2D eigenvalue weighted by molar-refractivity contribution is 5.43. The fraction of sp³-hybridized carbons (Fsp3) is 0.294. The normalized spacial score (nSPS) is 14.8. The van der Waals surface area contributed by atoms with E-state index >= 15 is 0 Å². The standard InChI is InChI=1S/C17H18FNO2/c1-12(14-3-5-15(18)6-4-14)19-11-13-2-7-16-17(10-13)21-9-8-20-16/h2-7,10,12,19H,8-9,11H2,1H3/t12-/m1/s1. The average Bonchev–Trinajstić information content (AvgIpc) is 2.53. The van der Waals surface area contributed by atoms with E-state index in [4.69, 9.17) is 9.47 Å². The largest absolute Gasteiger partial charge is 0.486 e. The Morgan fingerprint density at radius 2 is 1.76 bits per heavy atom. The molecular formula is C17H18FNO2. The monoisotopic (exact) mass is 287 g/mol. The van der Waals surface area contributed by atoms with E-state index in [0.717, 1.165) is 29.2 Å². The van der Waals surface area contributed by atoms with Crippen LogP contribution in [0.25, 0.3) is 0 Å². The minimum absolute atomic E-state index is 0.152. The zero-order valence-electron chi connectivity index (χ0n) is 11.9. The van der Waals surface area contributed by atoms with Crippen LogP contribution in [0.2, 0.25) is 0 Å².